The summed E-state index contributed by atoms with van der Waals surface area (Å²) in [6.07, 6.45) is 0. The number of ether oxygens (including phenoxy) is 1. The normalized spacial score (nSPS) is 10.1. The van der Waals surface area contributed by atoms with Gasteiger partial charge in [-0.15, -0.1) is 0 Å². The van der Waals surface area contributed by atoms with Gasteiger partial charge in [0.05, 0.1) is 6.54 Å². The number of anilines is 1. The van der Waals surface area contributed by atoms with Gasteiger partial charge in [0, 0.05) is 6.92 Å². The maximum Gasteiger partial charge on any atom is 0.356 e. The molecular formula is C14H14N2O4S. The van der Waals surface area contributed by atoms with Crippen LogP contribution in [0.4, 0.5) is 5.13 Å². The lowest BCUT2D eigenvalue weighted by Gasteiger charge is -2.06. The van der Waals surface area contributed by atoms with Crippen LogP contribution in [0.25, 0.3) is 0 Å². The molecule has 0 spiro atoms. The first-order valence-electron chi connectivity index (χ1n) is 6.24. The van der Waals surface area contributed by atoms with Crippen LogP contribution in [0.1, 0.15) is 27.1 Å². The first-order valence-corrected chi connectivity index (χ1v) is 7.06. The molecule has 1 aromatic carbocycles. The number of para-hydroxylation sites is 1. The van der Waals surface area contributed by atoms with Crippen LogP contribution in [0.2, 0.25) is 0 Å². The van der Waals surface area contributed by atoms with Gasteiger partial charge < -0.3 is 15.2 Å². The number of aromatic carboxylic acids is 1. The lowest BCUT2D eigenvalue weighted by Crippen LogP contribution is -2.11. The number of thiazole rings is 1. The zero-order valence-electron chi connectivity index (χ0n) is 11.3. The van der Waals surface area contributed by atoms with E-state index >= 15 is 0 Å². The van der Waals surface area contributed by atoms with E-state index in [-0.39, 0.29) is 16.4 Å². The Morgan fingerprint density at radius 2 is 2.05 bits per heavy atom. The summed E-state index contributed by atoms with van der Waals surface area (Å²) in [4.78, 5) is 26.4. The zero-order valence-corrected chi connectivity index (χ0v) is 12.1. The largest absolute Gasteiger partial charge is 0.492 e. The number of nitrogens with zero attached hydrogens (tertiary/aromatic N) is 1. The number of aromatic nitrogens is 1. The molecule has 21 heavy (non-hydrogen) atoms. The minimum Gasteiger partial charge on any atom is -0.492 e. The van der Waals surface area contributed by atoms with Crippen molar-refractivity contribution in [2.75, 3.05) is 18.5 Å². The lowest BCUT2D eigenvalue weighted by atomic mass is 10.3. The summed E-state index contributed by atoms with van der Waals surface area (Å²) in [7, 11) is 0. The smallest absolute Gasteiger partial charge is 0.356 e. The number of hydrogen-bond donors (Lipinski definition) is 2. The lowest BCUT2D eigenvalue weighted by molar-refractivity contribution is 0.0687. The molecule has 1 aromatic heterocycles. The first kappa shape index (κ1) is 15.0. The number of carbonyl (C=O) groups excluding carboxylic acids is 1. The molecule has 2 rings (SSSR count). The van der Waals surface area contributed by atoms with E-state index in [2.05, 4.69) is 10.3 Å². The van der Waals surface area contributed by atoms with E-state index < -0.39 is 5.97 Å². The number of carboxylic acid groups (broad SMARTS) is 1. The number of nitrogens with one attached hydrogen (secondary N) is 1. The highest BCUT2D eigenvalue weighted by Crippen LogP contribution is 2.23. The maximum absolute atomic E-state index is 11.4. The van der Waals surface area contributed by atoms with Crippen molar-refractivity contribution in [3.8, 4) is 5.75 Å². The number of Topliss-reactive ketones (excluding diaryl/α,β-unsaturated/α-hetero) is 1. The molecule has 2 N–H and O–H groups in total. The predicted molar refractivity (Wildman–Crippen MR) is 79.5 cm³/mol. The maximum atomic E-state index is 11.4. The highest BCUT2D eigenvalue weighted by Gasteiger charge is 2.20. The fraction of sp³-hybridized carbons (Fsp3) is 0.214. The number of rotatable bonds is 7. The van der Waals surface area contributed by atoms with Crippen LogP contribution in [0.5, 0.6) is 5.75 Å². The number of ketones is 1. The van der Waals surface area contributed by atoms with Crippen LogP contribution in [0.3, 0.4) is 0 Å². The van der Waals surface area contributed by atoms with E-state index in [1.54, 1.807) is 0 Å². The second-order valence-electron chi connectivity index (χ2n) is 4.15. The third-order valence-electron chi connectivity index (χ3n) is 2.54. The van der Waals surface area contributed by atoms with Gasteiger partial charge in [0.25, 0.3) is 0 Å². The highest BCUT2D eigenvalue weighted by atomic mass is 32.1. The number of hydrogen-bond acceptors (Lipinski definition) is 6. The molecule has 0 radical (unpaired) electrons. The predicted octanol–water partition coefficient (Wildman–Crippen LogP) is 2.53. The molecule has 0 saturated carbocycles. The average Bonchev–Trinajstić information content (AvgIpc) is 2.89. The minimum atomic E-state index is -1.20. The van der Waals surface area contributed by atoms with E-state index in [4.69, 9.17) is 9.84 Å². The van der Waals surface area contributed by atoms with E-state index in [1.807, 2.05) is 30.3 Å². The molecule has 0 amide bonds. The summed E-state index contributed by atoms with van der Waals surface area (Å²) in [6, 6.07) is 9.35. The van der Waals surface area contributed by atoms with Gasteiger partial charge in [-0.3, -0.25) is 4.79 Å². The zero-order chi connectivity index (χ0) is 15.2. The van der Waals surface area contributed by atoms with Crippen LogP contribution in [-0.4, -0.2) is 35.0 Å². The standard InChI is InChI=1S/C14H14N2O4S/c1-9(17)12-11(13(18)19)16-14(21-12)15-7-8-20-10-5-3-2-4-6-10/h2-6H,7-8H2,1H3,(H,15,16)(H,18,19). The van der Waals surface area contributed by atoms with Gasteiger partial charge >= 0.3 is 5.97 Å². The molecule has 6 nitrogen and oxygen atoms in total. The summed E-state index contributed by atoms with van der Waals surface area (Å²) in [5.74, 6) is -0.752. The van der Waals surface area contributed by atoms with Crippen LogP contribution >= 0.6 is 11.3 Å². The average molecular weight is 306 g/mol. The van der Waals surface area contributed by atoms with Crippen molar-refractivity contribution in [1.29, 1.82) is 0 Å². The van der Waals surface area contributed by atoms with Crippen molar-refractivity contribution < 1.29 is 19.4 Å². The second kappa shape index (κ2) is 6.85. The fourth-order valence-corrected chi connectivity index (χ4v) is 2.50. The number of carbonyl (C=O) groups is 2. The fourth-order valence-electron chi connectivity index (χ4n) is 1.62. The summed E-state index contributed by atoms with van der Waals surface area (Å²) in [5, 5.41) is 12.3. The molecule has 0 saturated heterocycles. The monoisotopic (exact) mass is 306 g/mol. The van der Waals surface area contributed by atoms with Crippen molar-refractivity contribution in [2.24, 2.45) is 0 Å². The van der Waals surface area contributed by atoms with Crippen molar-refractivity contribution in [3.63, 3.8) is 0 Å². The van der Waals surface area contributed by atoms with Crippen LogP contribution in [0.15, 0.2) is 30.3 Å². The summed E-state index contributed by atoms with van der Waals surface area (Å²) in [5.41, 5.74) is -0.209. The molecule has 0 aliphatic rings. The van der Waals surface area contributed by atoms with E-state index in [9.17, 15) is 9.59 Å². The summed E-state index contributed by atoms with van der Waals surface area (Å²) < 4.78 is 5.49. The van der Waals surface area contributed by atoms with Crippen molar-refractivity contribution in [1.82, 2.24) is 4.98 Å². The van der Waals surface area contributed by atoms with Crippen LogP contribution in [-0.2, 0) is 0 Å². The van der Waals surface area contributed by atoms with Gasteiger partial charge in [-0.2, -0.15) is 0 Å². The number of carboxylic acids is 1. The Morgan fingerprint density at radius 3 is 2.62 bits per heavy atom. The van der Waals surface area contributed by atoms with Crippen molar-refractivity contribution in [3.05, 3.63) is 40.9 Å². The molecule has 0 fully saturated rings. The quantitative estimate of drug-likeness (QED) is 0.603. The molecule has 7 heteroatoms. The van der Waals surface area contributed by atoms with Crippen LogP contribution < -0.4 is 10.1 Å². The molecular weight excluding hydrogens is 292 g/mol. The summed E-state index contributed by atoms with van der Waals surface area (Å²) >= 11 is 1.03. The van der Waals surface area contributed by atoms with Gasteiger partial charge in [-0.1, -0.05) is 29.5 Å². The topological polar surface area (TPSA) is 88.5 Å². The molecule has 0 aliphatic heterocycles. The Labute approximate surface area is 125 Å². The highest BCUT2D eigenvalue weighted by molar-refractivity contribution is 7.17. The molecule has 0 atom stereocenters. The Hall–Kier alpha value is -2.41. The molecule has 0 unspecified atom stereocenters. The Bertz CT molecular complexity index is 608. The second-order valence-corrected chi connectivity index (χ2v) is 5.15. The third kappa shape index (κ3) is 4.03. The van der Waals surface area contributed by atoms with E-state index in [0.29, 0.717) is 18.3 Å². The van der Waals surface area contributed by atoms with Gasteiger partial charge in [0.2, 0.25) is 0 Å². The number of benzene rings is 1. The molecule has 0 aliphatic carbocycles. The Kier molecular flexibility index (Phi) is 4.89. The van der Waals surface area contributed by atoms with Crippen molar-refractivity contribution >= 4 is 28.2 Å². The molecule has 110 valence electrons. The van der Waals surface area contributed by atoms with Gasteiger partial charge in [0.1, 0.15) is 17.2 Å². The van der Waals surface area contributed by atoms with E-state index in [0.717, 1.165) is 17.1 Å². The molecule has 2 aromatic rings. The van der Waals surface area contributed by atoms with E-state index in [1.165, 1.54) is 6.92 Å². The Morgan fingerprint density at radius 1 is 1.33 bits per heavy atom. The Balaban J connectivity index is 1.90. The van der Waals surface area contributed by atoms with Crippen molar-refractivity contribution in [2.45, 2.75) is 6.92 Å². The van der Waals surface area contributed by atoms with Gasteiger partial charge in [-0.25, -0.2) is 9.78 Å². The summed E-state index contributed by atoms with van der Waals surface area (Å²) in [6.45, 7) is 2.18. The minimum absolute atomic E-state index is 0.147. The van der Waals surface area contributed by atoms with Gasteiger partial charge in [0.15, 0.2) is 16.6 Å². The van der Waals surface area contributed by atoms with Gasteiger partial charge in [-0.05, 0) is 12.1 Å². The molecule has 1 heterocycles. The molecule has 0 bridgehead atoms. The van der Waals surface area contributed by atoms with Crippen LogP contribution in [0, 0.1) is 0 Å². The SMILES string of the molecule is CC(=O)c1sc(NCCOc2ccccc2)nc1C(=O)O. The first-order chi connectivity index (χ1) is 10.1. The third-order valence-corrected chi connectivity index (χ3v) is 3.65.